The van der Waals surface area contributed by atoms with Crippen LogP contribution in [0.4, 0.5) is 4.79 Å². The van der Waals surface area contributed by atoms with E-state index in [0.29, 0.717) is 13.1 Å². The van der Waals surface area contributed by atoms with E-state index in [-0.39, 0.29) is 12.2 Å². The Morgan fingerprint density at radius 2 is 1.90 bits per heavy atom. The molecule has 0 unspecified atom stereocenters. The second-order valence-corrected chi connectivity index (χ2v) is 5.61. The van der Waals surface area contributed by atoms with Crippen LogP contribution < -0.4 is 0 Å². The molecule has 1 atom stereocenters. The van der Waals surface area contributed by atoms with E-state index < -0.39 is 0 Å². The van der Waals surface area contributed by atoms with Crippen LogP contribution in [-0.2, 0) is 16.0 Å². The molecule has 2 aliphatic heterocycles. The van der Waals surface area contributed by atoms with Gasteiger partial charge in [0, 0.05) is 26.2 Å². The lowest BCUT2D eigenvalue weighted by Crippen LogP contribution is -2.38. The highest BCUT2D eigenvalue weighted by Crippen LogP contribution is 2.17. The van der Waals surface area contributed by atoms with Crippen LogP contribution in [0.1, 0.15) is 12.0 Å². The molecule has 1 amide bonds. The maximum Gasteiger partial charge on any atom is 0.410 e. The molecule has 1 aromatic rings. The second-order valence-electron chi connectivity index (χ2n) is 5.61. The van der Waals surface area contributed by atoms with Crippen LogP contribution in [0.25, 0.3) is 0 Å². The molecular formula is C16H22N2O3. The third-order valence-electron chi connectivity index (χ3n) is 4.04. The van der Waals surface area contributed by atoms with Crippen LogP contribution in [0.15, 0.2) is 30.3 Å². The van der Waals surface area contributed by atoms with Crippen LogP contribution in [0.2, 0.25) is 0 Å². The SMILES string of the molecule is O=C1O[C@H](CCN2CCOCC2)CN1Cc1ccccc1. The lowest BCUT2D eigenvalue weighted by Gasteiger charge is -2.27. The number of cyclic esters (lactones) is 1. The molecule has 21 heavy (non-hydrogen) atoms. The van der Waals surface area contributed by atoms with Gasteiger partial charge in [-0.15, -0.1) is 0 Å². The predicted molar refractivity (Wildman–Crippen MR) is 79.0 cm³/mol. The molecule has 2 saturated heterocycles. The van der Waals surface area contributed by atoms with Gasteiger partial charge in [0.1, 0.15) is 6.10 Å². The van der Waals surface area contributed by atoms with Gasteiger partial charge in [-0.25, -0.2) is 4.79 Å². The maximum absolute atomic E-state index is 11.9. The molecule has 3 rings (SSSR count). The largest absolute Gasteiger partial charge is 0.444 e. The van der Waals surface area contributed by atoms with Crippen molar-refractivity contribution in [2.24, 2.45) is 0 Å². The van der Waals surface area contributed by atoms with Gasteiger partial charge in [0.25, 0.3) is 0 Å². The van der Waals surface area contributed by atoms with E-state index in [0.717, 1.165) is 44.8 Å². The highest BCUT2D eigenvalue weighted by Gasteiger charge is 2.31. The minimum Gasteiger partial charge on any atom is -0.444 e. The number of benzene rings is 1. The molecule has 1 aromatic carbocycles. The first-order valence-corrected chi connectivity index (χ1v) is 7.61. The standard InChI is InChI=1S/C16H22N2O3/c19-16-18(12-14-4-2-1-3-5-14)13-15(21-16)6-7-17-8-10-20-11-9-17/h1-5,15H,6-13H2/t15-/m1/s1. The van der Waals surface area contributed by atoms with Crippen molar-refractivity contribution in [1.82, 2.24) is 9.80 Å². The molecule has 2 fully saturated rings. The van der Waals surface area contributed by atoms with Crippen LogP contribution in [0, 0.1) is 0 Å². The number of amides is 1. The number of morpholine rings is 1. The molecule has 5 heteroatoms. The first-order valence-electron chi connectivity index (χ1n) is 7.61. The third-order valence-corrected chi connectivity index (χ3v) is 4.04. The third kappa shape index (κ3) is 3.95. The molecule has 0 saturated carbocycles. The predicted octanol–water partition coefficient (Wildman–Crippen LogP) is 1.73. The average molecular weight is 290 g/mol. The van der Waals surface area contributed by atoms with Crippen molar-refractivity contribution in [3.8, 4) is 0 Å². The summed E-state index contributed by atoms with van der Waals surface area (Å²) in [4.78, 5) is 16.1. The minimum atomic E-state index is -0.189. The van der Waals surface area contributed by atoms with Crippen molar-refractivity contribution >= 4 is 6.09 Å². The zero-order valence-corrected chi connectivity index (χ0v) is 12.2. The van der Waals surface area contributed by atoms with Gasteiger partial charge in [-0.3, -0.25) is 4.90 Å². The quantitative estimate of drug-likeness (QED) is 0.828. The second kappa shape index (κ2) is 6.91. The van der Waals surface area contributed by atoms with Crippen molar-refractivity contribution in [2.75, 3.05) is 39.4 Å². The molecule has 0 radical (unpaired) electrons. The maximum atomic E-state index is 11.9. The molecular weight excluding hydrogens is 268 g/mol. The highest BCUT2D eigenvalue weighted by atomic mass is 16.6. The van der Waals surface area contributed by atoms with Gasteiger partial charge < -0.3 is 14.4 Å². The van der Waals surface area contributed by atoms with E-state index in [1.165, 1.54) is 0 Å². The summed E-state index contributed by atoms with van der Waals surface area (Å²) in [6, 6.07) is 10.0. The van der Waals surface area contributed by atoms with E-state index in [2.05, 4.69) is 4.90 Å². The fourth-order valence-electron chi connectivity index (χ4n) is 2.81. The Balaban J connectivity index is 1.45. The number of hydrogen-bond donors (Lipinski definition) is 0. The lowest BCUT2D eigenvalue weighted by atomic mass is 10.2. The lowest BCUT2D eigenvalue weighted by molar-refractivity contribution is 0.0315. The van der Waals surface area contributed by atoms with Gasteiger partial charge in [-0.2, -0.15) is 0 Å². The Kier molecular flexibility index (Phi) is 4.72. The van der Waals surface area contributed by atoms with Gasteiger partial charge in [-0.05, 0) is 12.0 Å². The molecule has 2 heterocycles. The zero-order valence-electron chi connectivity index (χ0n) is 12.2. The van der Waals surface area contributed by atoms with Crippen molar-refractivity contribution in [3.63, 3.8) is 0 Å². The summed E-state index contributed by atoms with van der Waals surface area (Å²) in [5.74, 6) is 0. The molecule has 0 aromatic heterocycles. The van der Waals surface area contributed by atoms with Crippen molar-refractivity contribution in [3.05, 3.63) is 35.9 Å². The van der Waals surface area contributed by atoms with E-state index in [1.807, 2.05) is 30.3 Å². The topological polar surface area (TPSA) is 42.0 Å². The number of hydrogen-bond acceptors (Lipinski definition) is 4. The van der Waals surface area contributed by atoms with Crippen LogP contribution in [0.3, 0.4) is 0 Å². The Hall–Kier alpha value is -1.59. The van der Waals surface area contributed by atoms with Gasteiger partial charge in [0.2, 0.25) is 0 Å². The Bertz CT molecular complexity index is 460. The van der Waals surface area contributed by atoms with Gasteiger partial charge in [-0.1, -0.05) is 30.3 Å². The number of nitrogens with zero attached hydrogens (tertiary/aromatic N) is 2. The monoisotopic (exact) mass is 290 g/mol. The molecule has 114 valence electrons. The normalized spacial score (nSPS) is 23.3. The summed E-state index contributed by atoms with van der Waals surface area (Å²) in [5.41, 5.74) is 1.14. The molecule has 0 bridgehead atoms. The van der Waals surface area contributed by atoms with Crippen molar-refractivity contribution < 1.29 is 14.3 Å². The van der Waals surface area contributed by atoms with Gasteiger partial charge in [0.05, 0.1) is 19.8 Å². The van der Waals surface area contributed by atoms with Crippen LogP contribution in [0.5, 0.6) is 0 Å². The molecule has 0 spiro atoms. The number of ether oxygens (including phenoxy) is 2. The molecule has 5 nitrogen and oxygen atoms in total. The summed E-state index contributed by atoms with van der Waals surface area (Å²) in [7, 11) is 0. The summed E-state index contributed by atoms with van der Waals surface area (Å²) < 4.78 is 10.8. The minimum absolute atomic E-state index is 0.0176. The van der Waals surface area contributed by atoms with Crippen LogP contribution >= 0.6 is 0 Å². The molecule has 2 aliphatic rings. The molecule has 0 N–H and O–H groups in total. The van der Waals surface area contributed by atoms with Crippen molar-refractivity contribution in [2.45, 2.75) is 19.1 Å². The number of carbonyl (C=O) groups is 1. The highest BCUT2D eigenvalue weighted by molar-refractivity contribution is 5.69. The van der Waals surface area contributed by atoms with Crippen LogP contribution in [-0.4, -0.2) is 61.4 Å². The van der Waals surface area contributed by atoms with E-state index >= 15 is 0 Å². The van der Waals surface area contributed by atoms with Crippen molar-refractivity contribution in [1.29, 1.82) is 0 Å². The van der Waals surface area contributed by atoms with E-state index in [1.54, 1.807) is 4.90 Å². The first-order chi connectivity index (χ1) is 10.3. The summed E-state index contributed by atoms with van der Waals surface area (Å²) in [6.07, 6.45) is 0.728. The fourth-order valence-corrected chi connectivity index (χ4v) is 2.81. The smallest absolute Gasteiger partial charge is 0.410 e. The number of rotatable bonds is 5. The Morgan fingerprint density at radius 3 is 2.67 bits per heavy atom. The summed E-state index contributed by atoms with van der Waals surface area (Å²) in [6.45, 7) is 5.88. The van der Waals surface area contributed by atoms with Gasteiger partial charge in [0.15, 0.2) is 0 Å². The fraction of sp³-hybridized carbons (Fsp3) is 0.562. The van der Waals surface area contributed by atoms with E-state index in [4.69, 9.17) is 9.47 Å². The zero-order chi connectivity index (χ0) is 14.5. The average Bonchev–Trinajstić information content (AvgIpc) is 2.87. The number of carbonyl (C=O) groups excluding carboxylic acids is 1. The molecule has 0 aliphatic carbocycles. The Morgan fingerprint density at radius 1 is 1.14 bits per heavy atom. The van der Waals surface area contributed by atoms with E-state index in [9.17, 15) is 4.79 Å². The van der Waals surface area contributed by atoms with Gasteiger partial charge >= 0.3 is 6.09 Å². The first kappa shape index (κ1) is 14.4. The Labute approximate surface area is 125 Å². The summed E-state index contributed by atoms with van der Waals surface area (Å²) in [5, 5.41) is 0. The summed E-state index contributed by atoms with van der Waals surface area (Å²) >= 11 is 0.